The molecule has 0 radical (unpaired) electrons. The lowest BCUT2D eigenvalue weighted by atomic mass is 9.98. The van der Waals surface area contributed by atoms with Crippen LogP contribution < -0.4 is 10.6 Å². The summed E-state index contributed by atoms with van der Waals surface area (Å²) in [6.07, 6.45) is 0. The van der Waals surface area contributed by atoms with Crippen LogP contribution in [0, 0.1) is 6.92 Å². The molecule has 2 N–H and O–H groups in total. The van der Waals surface area contributed by atoms with Gasteiger partial charge in [0.05, 0.1) is 0 Å². The van der Waals surface area contributed by atoms with Gasteiger partial charge in [0, 0.05) is 12.7 Å². The van der Waals surface area contributed by atoms with Crippen LogP contribution in [-0.4, -0.2) is 17.9 Å². The molecule has 21 heavy (non-hydrogen) atoms. The van der Waals surface area contributed by atoms with Gasteiger partial charge in [-0.3, -0.25) is 4.79 Å². The molecule has 0 aliphatic carbocycles. The van der Waals surface area contributed by atoms with E-state index >= 15 is 0 Å². The largest absolute Gasteiger partial charge is 0.373 e. The number of carbonyl (C=O) groups is 1. The summed E-state index contributed by atoms with van der Waals surface area (Å²) in [5, 5.41) is 5.93. The van der Waals surface area contributed by atoms with Gasteiger partial charge in [-0.05, 0) is 36.1 Å². The van der Waals surface area contributed by atoms with Crippen LogP contribution in [0.2, 0.25) is 0 Å². The molecule has 1 amide bonds. The third-order valence-electron chi connectivity index (χ3n) is 3.40. The molecule has 0 atom stereocenters. The van der Waals surface area contributed by atoms with Crippen LogP contribution in [0.15, 0.2) is 36.4 Å². The Morgan fingerprint density at radius 1 is 1.14 bits per heavy atom. The molecule has 2 rings (SSSR count). The van der Waals surface area contributed by atoms with Crippen molar-refractivity contribution in [1.29, 1.82) is 0 Å². The Labute approximate surface area is 125 Å². The average Bonchev–Trinajstić information content (AvgIpc) is 2.49. The fraction of sp³-hybridized carbons (Fsp3) is 0.294. The SMILES string of the molecule is CNc1cccc(C(=O)Nc2c(C)cccc2C(C)C)n1. The van der Waals surface area contributed by atoms with Crippen molar-refractivity contribution in [2.75, 3.05) is 17.7 Å². The van der Waals surface area contributed by atoms with Crippen LogP contribution in [0.4, 0.5) is 11.5 Å². The molecule has 0 unspecified atom stereocenters. The molecule has 4 heteroatoms. The lowest BCUT2D eigenvalue weighted by Crippen LogP contribution is -2.16. The van der Waals surface area contributed by atoms with Gasteiger partial charge in [-0.1, -0.05) is 38.1 Å². The number of hydrogen-bond donors (Lipinski definition) is 2. The van der Waals surface area contributed by atoms with Crippen LogP contribution >= 0.6 is 0 Å². The highest BCUT2D eigenvalue weighted by Crippen LogP contribution is 2.27. The third-order valence-corrected chi connectivity index (χ3v) is 3.40. The molecule has 1 heterocycles. The Hall–Kier alpha value is -2.36. The molecule has 1 aromatic heterocycles. The number of nitrogens with one attached hydrogen (secondary N) is 2. The Balaban J connectivity index is 2.31. The number of amides is 1. The number of carbonyl (C=O) groups excluding carboxylic acids is 1. The normalized spacial score (nSPS) is 10.5. The number of aromatic nitrogens is 1. The number of hydrogen-bond acceptors (Lipinski definition) is 3. The summed E-state index contributed by atoms with van der Waals surface area (Å²) in [5.41, 5.74) is 3.47. The van der Waals surface area contributed by atoms with Crippen LogP contribution in [0.25, 0.3) is 0 Å². The number of rotatable bonds is 4. The molecule has 0 saturated carbocycles. The topological polar surface area (TPSA) is 54.0 Å². The second-order valence-electron chi connectivity index (χ2n) is 5.31. The summed E-state index contributed by atoms with van der Waals surface area (Å²) in [7, 11) is 1.78. The average molecular weight is 283 g/mol. The van der Waals surface area contributed by atoms with E-state index in [-0.39, 0.29) is 5.91 Å². The monoisotopic (exact) mass is 283 g/mol. The van der Waals surface area contributed by atoms with Crippen molar-refractivity contribution in [2.45, 2.75) is 26.7 Å². The van der Waals surface area contributed by atoms with E-state index in [1.807, 2.05) is 37.3 Å². The highest BCUT2D eigenvalue weighted by atomic mass is 16.1. The first kappa shape index (κ1) is 15.0. The molecule has 0 aliphatic rings. The van der Waals surface area contributed by atoms with E-state index in [2.05, 4.69) is 29.5 Å². The Kier molecular flexibility index (Phi) is 4.58. The molecule has 0 aliphatic heterocycles. The number of anilines is 2. The van der Waals surface area contributed by atoms with Crippen LogP contribution in [0.3, 0.4) is 0 Å². The first-order chi connectivity index (χ1) is 10.0. The molecular weight excluding hydrogens is 262 g/mol. The molecule has 0 spiro atoms. The summed E-state index contributed by atoms with van der Waals surface area (Å²) < 4.78 is 0. The molecule has 4 nitrogen and oxygen atoms in total. The molecular formula is C17H21N3O. The van der Waals surface area contributed by atoms with Crippen molar-refractivity contribution in [3.63, 3.8) is 0 Å². The fourth-order valence-corrected chi connectivity index (χ4v) is 2.22. The van der Waals surface area contributed by atoms with E-state index in [4.69, 9.17) is 0 Å². The predicted octanol–water partition coefficient (Wildman–Crippen LogP) is 3.81. The van der Waals surface area contributed by atoms with Crippen molar-refractivity contribution in [3.8, 4) is 0 Å². The van der Waals surface area contributed by atoms with Gasteiger partial charge in [-0.25, -0.2) is 4.98 Å². The molecule has 0 bridgehead atoms. The van der Waals surface area contributed by atoms with Gasteiger partial charge in [-0.15, -0.1) is 0 Å². The van der Waals surface area contributed by atoms with Gasteiger partial charge in [-0.2, -0.15) is 0 Å². The van der Waals surface area contributed by atoms with Crippen molar-refractivity contribution >= 4 is 17.4 Å². The van der Waals surface area contributed by atoms with Gasteiger partial charge in [0.1, 0.15) is 11.5 Å². The van der Waals surface area contributed by atoms with E-state index in [1.54, 1.807) is 13.1 Å². The lowest BCUT2D eigenvalue weighted by Gasteiger charge is -2.16. The second-order valence-corrected chi connectivity index (χ2v) is 5.31. The summed E-state index contributed by atoms with van der Waals surface area (Å²) in [6.45, 7) is 6.23. The Morgan fingerprint density at radius 3 is 2.52 bits per heavy atom. The number of nitrogens with zero attached hydrogens (tertiary/aromatic N) is 1. The quantitative estimate of drug-likeness (QED) is 0.897. The van der Waals surface area contributed by atoms with Crippen molar-refractivity contribution in [3.05, 3.63) is 53.2 Å². The maximum atomic E-state index is 12.4. The fourth-order valence-electron chi connectivity index (χ4n) is 2.22. The zero-order chi connectivity index (χ0) is 15.4. The maximum absolute atomic E-state index is 12.4. The molecule has 1 aromatic carbocycles. The lowest BCUT2D eigenvalue weighted by molar-refractivity contribution is 0.102. The van der Waals surface area contributed by atoms with Gasteiger partial charge < -0.3 is 10.6 Å². The minimum absolute atomic E-state index is 0.191. The summed E-state index contributed by atoms with van der Waals surface area (Å²) >= 11 is 0. The van der Waals surface area contributed by atoms with Crippen LogP contribution in [0.1, 0.15) is 41.4 Å². The highest BCUT2D eigenvalue weighted by Gasteiger charge is 2.14. The third kappa shape index (κ3) is 3.40. The zero-order valence-electron chi connectivity index (χ0n) is 12.9. The van der Waals surface area contributed by atoms with Crippen LogP contribution in [-0.2, 0) is 0 Å². The molecule has 110 valence electrons. The summed E-state index contributed by atoms with van der Waals surface area (Å²) in [4.78, 5) is 16.7. The van der Waals surface area contributed by atoms with Gasteiger partial charge >= 0.3 is 0 Å². The Morgan fingerprint density at radius 2 is 1.86 bits per heavy atom. The molecule has 2 aromatic rings. The summed E-state index contributed by atoms with van der Waals surface area (Å²) in [5.74, 6) is 0.830. The first-order valence-corrected chi connectivity index (χ1v) is 7.08. The molecule has 0 fully saturated rings. The summed E-state index contributed by atoms with van der Waals surface area (Å²) in [6, 6.07) is 11.4. The Bertz CT molecular complexity index is 650. The molecule has 0 saturated heterocycles. The van der Waals surface area contributed by atoms with E-state index < -0.39 is 0 Å². The van der Waals surface area contributed by atoms with Crippen molar-refractivity contribution in [2.24, 2.45) is 0 Å². The number of aryl methyl sites for hydroxylation is 1. The van der Waals surface area contributed by atoms with Gasteiger partial charge in [0.25, 0.3) is 5.91 Å². The number of para-hydroxylation sites is 1. The van der Waals surface area contributed by atoms with E-state index in [0.29, 0.717) is 17.4 Å². The smallest absolute Gasteiger partial charge is 0.274 e. The zero-order valence-corrected chi connectivity index (χ0v) is 12.9. The highest BCUT2D eigenvalue weighted by molar-refractivity contribution is 6.04. The minimum atomic E-state index is -0.191. The first-order valence-electron chi connectivity index (χ1n) is 7.08. The van der Waals surface area contributed by atoms with Gasteiger partial charge in [0.15, 0.2) is 0 Å². The van der Waals surface area contributed by atoms with Crippen molar-refractivity contribution < 1.29 is 4.79 Å². The number of benzene rings is 1. The van der Waals surface area contributed by atoms with E-state index in [0.717, 1.165) is 16.8 Å². The van der Waals surface area contributed by atoms with E-state index in [9.17, 15) is 4.79 Å². The van der Waals surface area contributed by atoms with Crippen molar-refractivity contribution in [1.82, 2.24) is 4.98 Å². The van der Waals surface area contributed by atoms with Crippen LogP contribution in [0.5, 0.6) is 0 Å². The second kappa shape index (κ2) is 6.39. The standard InChI is InChI=1S/C17H21N3O/c1-11(2)13-8-5-7-12(3)16(13)20-17(21)14-9-6-10-15(18-4)19-14/h5-11H,1-4H3,(H,18,19)(H,20,21). The number of pyridine rings is 1. The minimum Gasteiger partial charge on any atom is -0.373 e. The predicted molar refractivity (Wildman–Crippen MR) is 87.0 cm³/mol. The van der Waals surface area contributed by atoms with E-state index in [1.165, 1.54) is 0 Å². The van der Waals surface area contributed by atoms with Gasteiger partial charge in [0.2, 0.25) is 0 Å². The maximum Gasteiger partial charge on any atom is 0.274 e.